The minimum atomic E-state index is -0.477. The first-order chi connectivity index (χ1) is 6.81. The third kappa shape index (κ3) is 1.19. The van der Waals surface area contributed by atoms with Crippen molar-refractivity contribution in [2.75, 3.05) is 6.61 Å². The lowest BCUT2D eigenvalue weighted by molar-refractivity contribution is -0.142. The summed E-state index contributed by atoms with van der Waals surface area (Å²) in [7, 11) is 0. The lowest BCUT2D eigenvalue weighted by Crippen LogP contribution is -2.53. The van der Waals surface area contributed by atoms with Crippen molar-refractivity contribution < 1.29 is 9.53 Å². The fourth-order valence-corrected chi connectivity index (χ4v) is 2.67. The lowest BCUT2D eigenvalue weighted by atomic mass is 9.87. The molecule has 3 heteroatoms. The number of nitrogens with zero attached hydrogens (tertiary/aromatic N) is 1. The van der Waals surface area contributed by atoms with Crippen LogP contribution in [0, 0.1) is 5.92 Å². The quantitative estimate of drug-likeness (QED) is 0.660. The van der Waals surface area contributed by atoms with Gasteiger partial charge in [0.25, 0.3) is 5.91 Å². The van der Waals surface area contributed by atoms with Crippen LogP contribution in [0.25, 0.3) is 0 Å². The number of amides is 1. The molecule has 3 nitrogen and oxygen atoms in total. The van der Waals surface area contributed by atoms with E-state index in [0.717, 1.165) is 5.57 Å². The van der Waals surface area contributed by atoms with Crippen molar-refractivity contribution in [1.29, 1.82) is 0 Å². The number of rotatable bonds is 1. The summed E-state index contributed by atoms with van der Waals surface area (Å²) in [6.07, 6.45) is 2.08. The van der Waals surface area contributed by atoms with E-state index in [4.69, 9.17) is 4.74 Å². The second-order valence-electron chi connectivity index (χ2n) is 5.35. The molecule has 0 aromatic heterocycles. The molecule has 0 radical (unpaired) electrons. The number of fused-ring (bicyclic) bond motifs is 1. The maximum absolute atomic E-state index is 12.1. The van der Waals surface area contributed by atoms with Gasteiger partial charge in [0.1, 0.15) is 5.72 Å². The molecule has 2 heterocycles. The second kappa shape index (κ2) is 2.85. The van der Waals surface area contributed by atoms with Crippen LogP contribution in [0.2, 0.25) is 0 Å². The van der Waals surface area contributed by atoms with E-state index in [1.165, 1.54) is 0 Å². The Morgan fingerprint density at radius 1 is 1.47 bits per heavy atom. The zero-order valence-electron chi connectivity index (χ0n) is 10.1. The van der Waals surface area contributed by atoms with E-state index in [-0.39, 0.29) is 11.4 Å². The molecule has 0 saturated carbocycles. The van der Waals surface area contributed by atoms with Gasteiger partial charge >= 0.3 is 0 Å². The average molecular weight is 209 g/mol. The third-order valence-electron chi connectivity index (χ3n) is 3.62. The van der Waals surface area contributed by atoms with Gasteiger partial charge in [-0.2, -0.15) is 0 Å². The van der Waals surface area contributed by atoms with Crippen LogP contribution in [-0.4, -0.2) is 28.7 Å². The van der Waals surface area contributed by atoms with Gasteiger partial charge in [-0.05, 0) is 32.8 Å². The Bertz CT molecular complexity index is 344. The highest BCUT2D eigenvalue weighted by atomic mass is 16.5. The van der Waals surface area contributed by atoms with Gasteiger partial charge in [0.2, 0.25) is 0 Å². The van der Waals surface area contributed by atoms with Crippen LogP contribution in [0.3, 0.4) is 0 Å². The molecule has 0 bridgehead atoms. The highest BCUT2D eigenvalue weighted by molar-refractivity contribution is 5.97. The molecule has 1 saturated heterocycles. The first-order valence-electron chi connectivity index (χ1n) is 5.49. The predicted molar refractivity (Wildman–Crippen MR) is 58.2 cm³/mol. The molecule has 0 aromatic carbocycles. The summed E-state index contributed by atoms with van der Waals surface area (Å²) in [4.78, 5) is 14.0. The van der Waals surface area contributed by atoms with Crippen molar-refractivity contribution in [3.63, 3.8) is 0 Å². The Hall–Kier alpha value is -0.830. The molecule has 0 aliphatic carbocycles. The van der Waals surface area contributed by atoms with Crippen molar-refractivity contribution in [2.24, 2.45) is 5.92 Å². The normalized spacial score (nSPS) is 33.6. The molecule has 1 atom stereocenters. The predicted octanol–water partition coefficient (Wildman–Crippen LogP) is 1.94. The number of ether oxygens (including phenoxy) is 1. The summed E-state index contributed by atoms with van der Waals surface area (Å²) in [5, 5.41) is 0. The van der Waals surface area contributed by atoms with E-state index in [0.29, 0.717) is 12.5 Å². The van der Waals surface area contributed by atoms with Gasteiger partial charge in [0, 0.05) is 5.57 Å². The van der Waals surface area contributed by atoms with Gasteiger partial charge in [-0.15, -0.1) is 0 Å². The van der Waals surface area contributed by atoms with Crippen LogP contribution in [-0.2, 0) is 9.53 Å². The molecule has 2 aliphatic heterocycles. The molecule has 0 spiro atoms. The maximum atomic E-state index is 12.1. The lowest BCUT2D eigenvalue weighted by Gasteiger charge is -2.38. The molecule has 1 fully saturated rings. The zero-order valence-corrected chi connectivity index (χ0v) is 10.1. The molecule has 0 aromatic rings. The Labute approximate surface area is 91.1 Å². The fourth-order valence-electron chi connectivity index (χ4n) is 2.67. The smallest absolute Gasteiger partial charge is 0.252 e. The fraction of sp³-hybridized carbons (Fsp3) is 0.750. The van der Waals surface area contributed by atoms with E-state index in [2.05, 4.69) is 19.9 Å². The molecule has 2 aliphatic rings. The SMILES string of the molecule is CC1=C[C@]2(C(C)C)COC(C)(C)N2C1=O. The Morgan fingerprint density at radius 3 is 2.53 bits per heavy atom. The summed E-state index contributed by atoms with van der Waals surface area (Å²) in [6, 6.07) is 0. The van der Waals surface area contributed by atoms with Gasteiger partial charge < -0.3 is 4.74 Å². The van der Waals surface area contributed by atoms with Crippen molar-refractivity contribution in [3.05, 3.63) is 11.6 Å². The number of hydrogen-bond acceptors (Lipinski definition) is 2. The second-order valence-corrected chi connectivity index (χ2v) is 5.35. The Balaban J connectivity index is 2.51. The molecule has 0 N–H and O–H groups in total. The molecule has 1 amide bonds. The molecular formula is C12H19NO2. The first kappa shape index (κ1) is 10.7. The zero-order chi connectivity index (χ0) is 11.4. The number of hydrogen-bond donors (Lipinski definition) is 0. The summed E-state index contributed by atoms with van der Waals surface area (Å²) < 4.78 is 5.75. The van der Waals surface area contributed by atoms with Gasteiger partial charge in [-0.1, -0.05) is 13.8 Å². The van der Waals surface area contributed by atoms with E-state index in [1.807, 2.05) is 25.7 Å². The van der Waals surface area contributed by atoms with Crippen LogP contribution in [0.5, 0.6) is 0 Å². The summed E-state index contributed by atoms with van der Waals surface area (Å²) >= 11 is 0. The summed E-state index contributed by atoms with van der Waals surface area (Å²) in [6.45, 7) is 10.7. The first-order valence-corrected chi connectivity index (χ1v) is 5.49. The monoisotopic (exact) mass is 209 g/mol. The molecule has 0 unspecified atom stereocenters. The minimum Gasteiger partial charge on any atom is -0.353 e. The number of carbonyl (C=O) groups is 1. The highest BCUT2D eigenvalue weighted by Crippen LogP contribution is 2.45. The van der Waals surface area contributed by atoms with Crippen molar-refractivity contribution in [2.45, 2.75) is 45.9 Å². The average Bonchev–Trinajstić information content (AvgIpc) is 2.52. The molecular weight excluding hydrogens is 190 g/mol. The van der Waals surface area contributed by atoms with Crippen LogP contribution >= 0.6 is 0 Å². The topological polar surface area (TPSA) is 29.5 Å². The van der Waals surface area contributed by atoms with Crippen LogP contribution < -0.4 is 0 Å². The van der Waals surface area contributed by atoms with Gasteiger partial charge in [-0.3, -0.25) is 9.69 Å². The van der Waals surface area contributed by atoms with Crippen molar-refractivity contribution in [1.82, 2.24) is 4.90 Å². The Morgan fingerprint density at radius 2 is 2.07 bits per heavy atom. The van der Waals surface area contributed by atoms with Crippen LogP contribution in [0.1, 0.15) is 34.6 Å². The minimum absolute atomic E-state index is 0.117. The highest BCUT2D eigenvalue weighted by Gasteiger charge is 2.57. The van der Waals surface area contributed by atoms with E-state index < -0.39 is 5.72 Å². The van der Waals surface area contributed by atoms with Gasteiger partial charge in [0.05, 0.1) is 12.1 Å². The van der Waals surface area contributed by atoms with Crippen LogP contribution in [0.4, 0.5) is 0 Å². The largest absolute Gasteiger partial charge is 0.353 e. The molecule has 2 rings (SSSR count). The Kier molecular flexibility index (Phi) is 2.03. The van der Waals surface area contributed by atoms with Crippen LogP contribution in [0.15, 0.2) is 11.6 Å². The van der Waals surface area contributed by atoms with Gasteiger partial charge in [-0.25, -0.2) is 0 Å². The van der Waals surface area contributed by atoms with E-state index in [1.54, 1.807) is 0 Å². The maximum Gasteiger partial charge on any atom is 0.252 e. The van der Waals surface area contributed by atoms with Gasteiger partial charge in [0.15, 0.2) is 0 Å². The van der Waals surface area contributed by atoms with E-state index >= 15 is 0 Å². The van der Waals surface area contributed by atoms with Crippen molar-refractivity contribution in [3.8, 4) is 0 Å². The summed E-state index contributed by atoms with van der Waals surface area (Å²) in [5.74, 6) is 0.492. The van der Waals surface area contributed by atoms with E-state index in [9.17, 15) is 4.79 Å². The van der Waals surface area contributed by atoms with Crippen molar-refractivity contribution >= 4 is 5.91 Å². The third-order valence-corrected chi connectivity index (χ3v) is 3.62. The summed E-state index contributed by atoms with van der Waals surface area (Å²) in [5.41, 5.74) is 0.153. The number of carbonyl (C=O) groups excluding carboxylic acids is 1. The molecule has 84 valence electrons. The molecule has 15 heavy (non-hydrogen) atoms. The standard InChI is InChI=1S/C12H19NO2/c1-8(2)12-6-9(3)10(14)13(12)11(4,5)15-7-12/h6,8H,7H2,1-5H3/t12-/m1/s1.